The number of hydrogen-bond donors (Lipinski definition) is 1. The van der Waals surface area contributed by atoms with Crippen LogP contribution in [0.5, 0.6) is 0 Å². The molecule has 0 saturated carbocycles. The fourth-order valence-corrected chi connectivity index (χ4v) is 2.49. The molecule has 2 N–H and O–H groups in total. The van der Waals surface area contributed by atoms with Gasteiger partial charge in [-0.05, 0) is 45.7 Å². The second-order valence-corrected chi connectivity index (χ2v) is 5.82. The molecule has 0 amide bonds. The van der Waals surface area contributed by atoms with Gasteiger partial charge < -0.3 is 5.73 Å². The van der Waals surface area contributed by atoms with Crippen LogP contribution >= 0.6 is 0 Å². The van der Waals surface area contributed by atoms with Gasteiger partial charge in [-0.15, -0.1) is 0 Å². The van der Waals surface area contributed by atoms with Crippen LogP contribution in [0.1, 0.15) is 42.5 Å². The average molecular weight is 275 g/mol. The van der Waals surface area contributed by atoms with Gasteiger partial charge in [-0.3, -0.25) is 9.36 Å². The van der Waals surface area contributed by atoms with Gasteiger partial charge in [0.15, 0.2) is 0 Å². The smallest absolute Gasteiger partial charge is 0.0640 e. The van der Waals surface area contributed by atoms with E-state index >= 15 is 0 Å². The first-order valence-electron chi connectivity index (χ1n) is 7.17. The van der Waals surface area contributed by atoms with Crippen molar-refractivity contribution in [2.24, 2.45) is 12.8 Å². The number of nitrogens with two attached hydrogens (primary N) is 1. The monoisotopic (exact) mass is 275 g/mol. The molecule has 0 aliphatic rings. The number of aryl methyl sites for hydroxylation is 2. The van der Waals surface area contributed by atoms with Crippen LogP contribution in [-0.4, -0.2) is 25.6 Å². The Kier molecular flexibility index (Phi) is 4.28. The van der Waals surface area contributed by atoms with Crippen molar-refractivity contribution in [1.82, 2.24) is 19.6 Å². The van der Waals surface area contributed by atoms with E-state index in [1.807, 2.05) is 29.5 Å². The van der Waals surface area contributed by atoms with Crippen LogP contribution in [0.25, 0.3) is 0 Å². The number of aromatic nitrogens is 4. The van der Waals surface area contributed by atoms with E-state index in [9.17, 15) is 0 Å². The minimum Gasteiger partial charge on any atom is -0.327 e. The Morgan fingerprint density at radius 3 is 2.40 bits per heavy atom. The Morgan fingerprint density at radius 1 is 1.20 bits per heavy atom. The van der Waals surface area contributed by atoms with Crippen molar-refractivity contribution >= 4 is 0 Å². The summed E-state index contributed by atoms with van der Waals surface area (Å²) in [5.41, 5.74) is 10.9. The highest BCUT2D eigenvalue weighted by molar-refractivity contribution is 5.25. The van der Waals surface area contributed by atoms with Crippen LogP contribution < -0.4 is 5.73 Å². The zero-order chi connectivity index (χ0) is 14.9. The molecule has 2 rings (SSSR count). The molecule has 5 nitrogen and oxygen atoms in total. The summed E-state index contributed by atoms with van der Waals surface area (Å²) in [5, 5.41) is 9.00. The van der Waals surface area contributed by atoms with E-state index in [-0.39, 0.29) is 6.04 Å². The van der Waals surface area contributed by atoms with E-state index in [0.29, 0.717) is 6.04 Å². The number of hydrogen-bond acceptors (Lipinski definition) is 3. The zero-order valence-electron chi connectivity index (χ0n) is 13.1. The second-order valence-electron chi connectivity index (χ2n) is 5.82. The van der Waals surface area contributed by atoms with Crippen molar-refractivity contribution in [1.29, 1.82) is 0 Å². The summed E-state index contributed by atoms with van der Waals surface area (Å²) in [7, 11) is 1.97. The molecule has 0 fully saturated rings. The van der Waals surface area contributed by atoms with Crippen LogP contribution in [0.4, 0.5) is 0 Å². The summed E-state index contributed by atoms with van der Waals surface area (Å²) < 4.78 is 3.90. The standard InChI is InChI=1S/C15H25N5/c1-10(2)20-7-6-14(18-20)8-13(16)9-15-11(3)17-19(5)12(15)4/h6-7,10,13H,8-9,16H2,1-5H3. The van der Waals surface area contributed by atoms with Crippen molar-refractivity contribution in [3.05, 3.63) is 34.9 Å². The molecule has 2 heterocycles. The molecule has 1 atom stereocenters. The van der Waals surface area contributed by atoms with Crippen molar-refractivity contribution in [2.45, 2.75) is 52.6 Å². The fraction of sp³-hybridized carbons (Fsp3) is 0.600. The lowest BCUT2D eigenvalue weighted by Gasteiger charge is -2.11. The molecule has 0 saturated heterocycles. The van der Waals surface area contributed by atoms with Crippen LogP contribution in [0.3, 0.4) is 0 Å². The molecule has 110 valence electrons. The first-order valence-corrected chi connectivity index (χ1v) is 7.17. The maximum absolute atomic E-state index is 6.28. The summed E-state index contributed by atoms with van der Waals surface area (Å²) in [6, 6.07) is 2.53. The van der Waals surface area contributed by atoms with Crippen molar-refractivity contribution in [3.63, 3.8) is 0 Å². The van der Waals surface area contributed by atoms with Gasteiger partial charge in [0.2, 0.25) is 0 Å². The minimum atomic E-state index is 0.0760. The molecule has 5 heteroatoms. The molecular weight excluding hydrogens is 250 g/mol. The summed E-state index contributed by atoms with van der Waals surface area (Å²) in [5.74, 6) is 0. The van der Waals surface area contributed by atoms with Gasteiger partial charge in [0.1, 0.15) is 0 Å². The Bertz CT molecular complexity index is 579. The first kappa shape index (κ1) is 14.8. The third-order valence-corrected chi connectivity index (χ3v) is 3.79. The second kappa shape index (κ2) is 5.79. The maximum atomic E-state index is 6.28. The summed E-state index contributed by atoms with van der Waals surface area (Å²) >= 11 is 0. The van der Waals surface area contributed by atoms with Gasteiger partial charge in [-0.25, -0.2) is 0 Å². The molecular formula is C15H25N5. The summed E-state index contributed by atoms with van der Waals surface area (Å²) in [6.45, 7) is 8.39. The van der Waals surface area contributed by atoms with Crippen molar-refractivity contribution in [2.75, 3.05) is 0 Å². The van der Waals surface area contributed by atoms with E-state index in [2.05, 4.69) is 37.0 Å². The van der Waals surface area contributed by atoms with Crippen LogP contribution in [0.2, 0.25) is 0 Å². The van der Waals surface area contributed by atoms with E-state index in [4.69, 9.17) is 5.73 Å². The van der Waals surface area contributed by atoms with Gasteiger partial charge in [0.05, 0.1) is 11.4 Å². The molecule has 2 aromatic rings. The molecule has 0 radical (unpaired) electrons. The zero-order valence-corrected chi connectivity index (χ0v) is 13.1. The topological polar surface area (TPSA) is 61.7 Å². The Labute approximate surface area is 120 Å². The van der Waals surface area contributed by atoms with Gasteiger partial charge in [0, 0.05) is 37.4 Å². The lowest BCUT2D eigenvalue weighted by molar-refractivity contribution is 0.521. The predicted molar refractivity (Wildman–Crippen MR) is 80.7 cm³/mol. The molecule has 0 aliphatic carbocycles. The highest BCUT2D eigenvalue weighted by Crippen LogP contribution is 2.15. The third kappa shape index (κ3) is 3.10. The lowest BCUT2D eigenvalue weighted by Crippen LogP contribution is -2.26. The SMILES string of the molecule is Cc1nn(C)c(C)c1CC(N)Cc1ccn(C(C)C)n1. The average Bonchev–Trinajstić information content (AvgIpc) is 2.91. The minimum absolute atomic E-state index is 0.0760. The van der Waals surface area contributed by atoms with Gasteiger partial charge in [-0.1, -0.05) is 0 Å². The van der Waals surface area contributed by atoms with E-state index in [1.54, 1.807) is 0 Å². The summed E-state index contributed by atoms with van der Waals surface area (Å²) in [6.07, 6.45) is 3.67. The normalized spacial score (nSPS) is 13.2. The first-order chi connectivity index (χ1) is 9.38. The Morgan fingerprint density at radius 2 is 1.90 bits per heavy atom. The fourth-order valence-electron chi connectivity index (χ4n) is 2.49. The molecule has 20 heavy (non-hydrogen) atoms. The molecule has 0 spiro atoms. The molecule has 2 aromatic heterocycles. The van der Waals surface area contributed by atoms with Gasteiger partial charge >= 0.3 is 0 Å². The third-order valence-electron chi connectivity index (χ3n) is 3.79. The molecule has 0 aliphatic heterocycles. The Hall–Kier alpha value is -1.62. The van der Waals surface area contributed by atoms with Crippen LogP contribution in [0.15, 0.2) is 12.3 Å². The molecule has 0 bridgehead atoms. The predicted octanol–water partition coefficient (Wildman–Crippen LogP) is 1.93. The highest BCUT2D eigenvalue weighted by atomic mass is 15.3. The quantitative estimate of drug-likeness (QED) is 0.907. The Balaban J connectivity index is 2.03. The van der Waals surface area contributed by atoms with Gasteiger partial charge in [0.25, 0.3) is 0 Å². The number of nitrogens with zero attached hydrogens (tertiary/aromatic N) is 4. The molecule has 1 unspecified atom stereocenters. The van der Waals surface area contributed by atoms with Crippen molar-refractivity contribution in [3.8, 4) is 0 Å². The number of rotatable bonds is 5. The van der Waals surface area contributed by atoms with Crippen LogP contribution in [0, 0.1) is 13.8 Å². The van der Waals surface area contributed by atoms with Crippen LogP contribution in [-0.2, 0) is 19.9 Å². The highest BCUT2D eigenvalue weighted by Gasteiger charge is 2.14. The van der Waals surface area contributed by atoms with Crippen molar-refractivity contribution < 1.29 is 0 Å². The maximum Gasteiger partial charge on any atom is 0.0640 e. The largest absolute Gasteiger partial charge is 0.327 e. The van der Waals surface area contributed by atoms with E-state index < -0.39 is 0 Å². The lowest BCUT2D eigenvalue weighted by atomic mass is 10.0. The van der Waals surface area contributed by atoms with E-state index in [0.717, 1.165) is 24.2 Å². The molecule has 0 aromatic carbocycles. The van der Waals surface area contributed by atoms with E-state index in [1.165, 1.54) is 11.3 Å². The van der Waals surface area contributed by atoms with Gasteiger partial charge in [-0.2, -0.15) is 10.2 Å². The summed E-state index contributed by atoms with van der Waals surface area (Å²) in [4.78, 5) is 0.